The average Bonchev–Trinajstić information content (AvgIpc) is 1.77. The molecule has 1 nitrogen and oxygen atoms in total. The maximum Gasteiger partial charge on any atom is 0.0405 e. The van der Waals surface area contributed by atoms with E-state index in [-0.39, 0.29) is 0 Å². The molecule has 0 aromatic carbocycles. The topological polar surface area (TPSA) is 12.9 Å². The summed E-state index contributed by atoms with van der Waals surface area (Å²) in [5.74, 6) is 0. The largest absolute Gasteiger partial charge is 0.262 e. The Balaban J connectivity index is 3.03. The van der Waals surface area contributed by atoms with E-state index >= 15 is 0 Å². The van der Waals surface area contributed by atoms with Gasteiger partial charge in [0.15, 0.2) is 0 Å². The zero-order valence-corrected chi connectivity index (χ0v) is 7.18. The third kappa shape index (κ3) is 1.17. The molecule has 1 aromatic rings. The standard InChI is InChI=1S/C6H9NSi/c1-5-2-3-6(8)4-7-5/h2-4H,1,8H3. The molecule has 0 radical (unpaired) electrons. The maximum absolute atomic E-state index is 4.11. The lowest BCUT2D eigenvalue weighted by Gasteiger charge is -1.89. The van der Waals surface area contributed by atoms with Gasteiger partial charge in [0.2, 0.25) is 0 Å². The number of rotatable bonds is 0. The zero-order chi connectivity index (χ0) is 5.98. The first-order valence-electron chi connectivity index (χ1n) is 2.68. The quantitative estimate of drug-likeness (QED) is 0.419. The summed E-state index contributed by atoms with van der Waals surface area (Å²) >= 11 is 0. The van der Waals surface area contributed by atoms with Gasteiger partial charge in [0.05, 0.1) is 0 Å². The molecule has 0 saturated heterocycles. The van der Waals surface area contributed by atoms with Gasteiger partial charge in [0, 0.05) is 22.1 Å². The minimum Gasteiger partial charge on any atom is -0.262 e. The molecule has 0 aliphatic heterocycles. The molecule has 0 N–H and O–H groups in total. The number of nitrogens with zero attached hydrogens (tertiary/aromatic N) is 1. The van der Waals surface area contributed by atoms with Crippen LogP contribution < -0.4 is 5.19 Å². The van der Waals surface area contributed by atoms with Crippen molar-refractivity contribution in [1.29, 1.82) is 0 Å². The molecule has 0 aliphatic rings. The number of aryl methyl sites for hydroxylation is 1. The van der Waals surface area contributed by atoms with Gasteiger partial charge in [-0.2, -0.15) is 0 Å². The van der Waals surface area contributed by atoms with Gasteiger partial charge < -0.3 is 0 Å². The molecule has 0 amide bonds. The lowest BCUT2D eigenvalue weighted by atomic mass is 10.4. The molecule has 0 unspecified atom stereocenters. The molecular formula is C6H9NSi. The molecule has 8 heavy (non-hydrogen) atoms. The first kappa shape index (κ1) is 5.50. The summed E-state index contributed by atoms with van der Waals surface area (Å²) in [5, 5.41) is 1.36. The van der Waals surface area contributed by atoms with Crippen molar-refractivity contribution in [1.82, 2.24) is 4.98 Å². The van der Waals surface area contributed by atoms with Crippen LogP contribution in [-0.2, 0) is 0 Å². The van der Waals surface area contributed by atoms with Crippen LogP contribution in [0.2, 0.25) is 0 Å². The Labute approximate surface area is 52.2 Å². The lowest BCUT2D eigenvalue weighted by Crippen LogP contribution is -2.01. The Bertz CT molecular complexity index is 147. The van der Waals surface area contributed by atoms with Crippen molar-refractivity contribution in [3.8, 4) is 0 Å². The van der Waals surface area contributed by atoms with Crippen LogP contribution in [0.15, 0.2) is 18.3 Å². The highest BCUT2D eigenvalue weighted by atomic mass is 28.1. The summed E-state index contributed by atoms with van der Waals surface area (Å²) in [6.45, 7) is 2.00. The summed E-state index contributed by atoms with van der Waals surface area (Å²) in [6, 6.07) is 4.16. The van der Waals surface area contributed by atoms with Crippen molar-refractivity contribution in [3.05, 3.63) is 24.0 Å². The van der Waals surface area contributed by atoms with E-state index in [2.05, 4.69) is 11.1 Å². The van der Waals surface area contributed by atoms with E-state index in [9.17, 15) is 0 Å². The van der Waals surface area contributed by atoms with E-state index in [1.807, 2.05) is 19.2 Å². The molecular weight excluding hydrogens is 114 g/mol. The molecule has 1 aromatic heterocycles. The summed E-state index contributed by atoms with van der Waals surface area (Å²) in [7, 11) is 1.11. The second-order valence-corrected chi connectivity index (χ2v) is 3.13. The van der Waals surface area contributed by atoms with Gasteiger partial charge in [-0.25, -0.2) is 0 Å². The fraction of sp³-hybridized carbons (Fsp3) is 0.167. The van der Waals surface area contributed by atoms with Crippen LogP contribution in [-0.4, -0.2) is 15.2 Å². The number of hydrogen-bond donors (Lipinski definition) is 0. The maximum atomic E-state index is 4.11. The van der Waals surface area contributed by atoms with E-state index in [1.54, 1.807) is 0 Å². The molecule has 0 saturated carbocycles. The van der Waals surface area contributed by atoms with Gasteiger partial charge in [0.25, 0.3) is 0 Å². The van der Waals surface area contributed by atoms with E-state index in [0.717, 1.165) is 15.9 Å². The van der Waals surface area contributed by atoms with Crippen LogP contribution >= 0.6 is 0 Å². The average molecular weight is 123 g/mol. The number of aromatic nitrogens is 1. The van der Waals surface area contributed by atoms with E-state index in [0.29, 0.717) is 0 Å². The van der Waals surface area contributed by atoms with Gasteiger partial charge in [-0.05, 0) is 13.0 Å². The summed E-state index contributed by atoms with van der Waals surface area (Å²) in [6.07, 6.45) is 1.93. The lowest BCUT2D eigenvalue weighted by molar-refractivity contribution is 1.21. The summed E-state index contributed by atoms with van der Waals surface area (Å²) < 4.78 is 0. The van der Waals surface area contributed by atoms with Crippen molar-refractivity contribution in [2.75, 3.05) is 0 Å². The summed E-state index contributed by atoms with van der Waals surface area (Å²) in [4.78, 5) is 4.11. The molecule has 0 aliphatic carbocycles. The van der Waals surface area contributed by atoms with Gasteiger partial charge >= 0.3 is 0 Å². The fourth-order valence-electron chi connectivity index (χ4n) is 0.542. The van der Waals surface area contributed by atoms with Crippen molar-refractivity contribution in [3.63, 3.8) is 0 Å². The fourth-order valence-corrected chi connectivity index (χ4v) is 0.838. The zero-order valence-electron chi connectivity index (χ0n) is 5.18. The third-order valence-corrected chi connectivity index (χ3v) is 1.65. The van der Waals surface area contributed by atoms with E-state index < -0.39 is 0 Å². The first-order valence-corrected chi connectivity index (χ1v) is 3.68. The van der Waals surface area contributed by atoms with Crippen molar-refractivity contribution >= 4 is 15.4 Å². The van der Waals surface area contributed by atoms with Gasteiger partial charge in [-0.3, -0.25) is 4.98 Å². The summed E-state index contributed by atoms with van der Waals surface area (Å²) in [5.41, 5.74) is 1.10. The molecule has 0 bridgehead atoms. The van der Waals surface area contributed by atoms with Crippen LogP contribution in [0.3, 0.4) is 0 Å². The van der Waals surface area contributed by atoms with Crippen LogP contribution in [0.5, 0.6) is 0 Å². The van der Waals surface area contributed by atoms with E-state index in [4.69, 9.17) is 0 Å². The molecule has 2 heteroatoms. The van der Waals surface area contributed by atoms with Gasteiger partial charge in [-0.15, -0.1) is 0 Å². The highest BCUT2D eigenvalue weighted by Gasteiger charge is 1.81. The predicted octanol–water partition coefficient (Wildman–Crippen LogP) is -0.619. The third-order valence-electron chi connectivity index (χ3n) is 1.06. The molecule has 1 rings (SSSR count). The number of hydrogen-bond acceptors (Lipinski definition) is 1. The Morgan fingerprint density at radius 1 is 1.50 bits per heavy atom. The minimum absolute atomic E-state index is 1.10. The Morgan fingerprint density at radius 3 is 2.62 bits per heavy atom. The molecule has 0 fully saturated rings. The van der Waals surface area contributed by atoms with Crippen molar-refractivity contribution < 1.29 is 0 Å². The number of pyridine rings is 1. The minimum atomic E-state index is 1.10. The molecule has 0 atom stereocenters. The Kier molecular flexibility index (Phi) is 1.44. The van der Waals surface area contributed by atoms with Crippen molar-refractivity contribution in [2.24, 2.45) is 0 Å². The highest BCUT2D eigenvalue weighted by Crippen LogP contribution is 1.83. The smallest absolute Gasteiger partial charge is 0.0405 e. The molecule has 0 spiro atoms. The highest BCUT2D eigenvalue weighted by molar-refractivity contribution is 6.31. The normalized spacial score (nSPS) is 9.62. The van der Waals surface area contributed by atoms with Gasteiger partial charge in [0.1, 0.15) is 0 Å². The van der Waals surface area contributed by atoms with Crippen LogP contribution in [0.25, 0.3) is 0 Å². The van der Waals surface area contributed by atoms with Crippen LogP contribution in [0.4, 0.5) is 0 Å². The molecule has 1 heterocycles. The second kappa shape index (κ2) is 2.09. The van der Waals surface area contributed by atoms with E-state index in [1.165, 1.54) is 5.19 Å². The molecule has 42 valence electrons. The van der Waals surface area contributed by atoms with Crippen molar-refractivity contribution in [2.45, 2.75) is 6.92 Å². The van der Waals surface area contributed by atoms with Crippen LogP contribution in [0.1, 0.15) is 5.69 Å². The monoisotopic (exact) mass is 123 g/mol. The first-order chi connectivity index (χ1) is 3.79. The second-order valence-electron chi connectivity index (χ2n) is 1.98. The Morgan fingerprint density at radius 2 is 2.25 bits per heavy atom. The SMILES string of the molecule is Cc1ccc([SiH3])cn1. The Hall–Kier alpha value is -0.633. The predicted molar refractivity (Wildman–Crippen MR) is 38.5 cm³/mol. The van der Waals surface area contributed by atoms with Gasteiger partial charge in [-0.1, -0.05) is 11.3 Å². The van der Waals surface area contributed by atoms with Crippen LogP contribution in [0, 0.1) is 6.92 Å².